The van der Waals surface area contributed by atoms with Gasteiger partial charge in [-0.1, -0.05) is 18.2 Å². The lowest BCUT2D eigenvalue weighted by Crippen LogP contribution is -2.43. The van der Waals surface area contributed by atoms with Crippen LogP contribution < -0.4 is 4.90 Å². The quantitative estimate of drug-likeness (QED) is 0.664. The molecular formula is C18H19NO4. The van der Waals surface area contributed by atoms with Crippen LogP contribution >= 0.6 is 0 Å². The molecule has 0 aliphatic carbocycles. The largest absolute Gasteiger partial charge is 0.393 e. The first-order chi connectivity index (χ1) is 10.8. The van der Waals surface area contributed by atoms with Crippen LogP contribution in [0.5, 0.6) is 0 Å². The summed E-state index contributed by atoms with van der Waals surface area (Å²) in [6.45, 7) is 5.44. The number of carbonyl (C=O) groups is 2. The number of aliphatic hydroxyl groups is 1. The smallest absolute Gasteiger partial charge is 0.241 e. The third kappa shape index (κ3) is 1.64. The SMILES string of the molecule is Cc1ccc(N2C(=O)[C@@H]3[C@H](C2=O)[C@]2(CO)C=C[C@@]3(C)O2)cc1C. The molecule has 120 valence electrons. The molecule has 0 radical (unpaired) electrons. The molecule has 3 aliphatic rings. The minimum absolute atomic E-state index is 0.245. The Morgan fingerprint density at radius 3 is 2.48 bits per heavy atom. The van der Waals surface area contributed by atoms with E-state index >= 15 is 0 Å². The van der Waals surface area contributed by atoms with E-state index < -0.39 is 23.0 Å². The lowest BCUT2D eigenvalue weighted by molar-refractivity contribution is -0.131. The van der Waals surface area contributed by atoms with Gasteiger partial charge >= 0.3 is 0 Å². The molecule has 2 fully saturated rings. The summed E-state index contributed by atoms with van der Waals surface area (Å²) in [4.78, 5) is 27.2. The molecule has 4 atom stereocenters. The third-order valence-electron chi connectivity index (χ3n) is 5.55. The maximum atomic E-state index is 13.0. The molecule has 1 N–H and O–H groups in total. The van der Waals surface area contributed by atoms with Crippen LogP contribution in [0.3, 0.4) is 0 Å². The highest BCUT2D eigenvalue weighted by Crippen LogP contribution is 2.57. The normalized spacial score (nSPS) is 37.8. The summed E-state index contributed by atoms with van der Waals surface area (Å²) in [5.41, 5.74) is 0.834. The molecule has 2 bridgehead atoms. The zero-order chi connectivity index (χ0) is 16.6. The number of imide groups is 1. The van der Waals surface area contributed by atoms with Gasteiger partial charge in [-0.3, -0.25) is 9.59 Å². The second-order valence-electron chi connectivity index (χ2n) is 6.97. The lowest BCUT2D eigenvalue weighted by atomic mass is 9.73. The summed E-state index contributed by atoms with van der Waals surface area (Å²) in [6.07, 6.45) is 3.54. The highest BCUT2D eigenvalue weighted by molar-refractivity contribution is 6.23. The number of rotatable bonds is 2. The number of ether oxygens (including phenoxy) is 1. The first-order valence-electron chi connectivity index (χ1n) is 7.79. The maximum Gasteiger partial charge on any atom is 0.241 e. The molecule has 23 heavy (non-hydrogen) atoms. The van der Waals surface area contributed by atoms with Gasteiger partial charge in [0.15, 0.2) is 0 Å². The molecule has 5 nitrogen and oxygen atoms in total. The van der Waals surface area contributed by atoms with Crippen LogP contribution in [0, 0.1) is 25.7 Å². The van der Waals surface area contributed by atoms with Crippen LogP contribution in [-0.4, -0.2) is 34.7 Å². The van der Waals surface area contributed by atoms with E-state index in [0.717, 1.165) is 11.1 Å². The molecule has 2 saturated heterocycles. The Morgan fingerprint density at radius 2 is 1.83 bits per heavy atom. The number of hydrogen-bond donors (Lipinski definition) is 1. The number of nitrogens with zero attached hydrogens (tertiary/aromatic N) is 1. The molecule has 3 aliphatic heterocycles. The van der Waals surface area contributed by atoms with Gasteiger partial charge in [0.1, 0.15) is 5.60 Å². The molecule has 0 unspecified atom stereocenters. The standard InChI is InChI=1S/C18H19NO4/c1-10-4-5-12(8-11(10)2)19-15(21)13-14(16(19)22)18(9-20)7-6-17(13,3)23-18/h4-8,13-14,20H,9H2,1-3H3/t13-,14+,17+,18+/m0/s1. The van der Waals surface area contributed by atoms with Crippen molar-refractivity contribution in [2.24, 2.45) is 11.8 Å². The van der Waals surface area contributed by atoms with Crippen molar-refractivity contribution in [3.05, 3.63) is 41.5 Å². The van der Waals surface area contributed by atoms with Gasteiger partial charge in [-0.05, 0) is 44.0 Å². The van der Waals surface area contributed by atoms with Gasteiger partial charge in [0.25, 0.3) is 0 Å². The van der Waals surface area contributed by atoms with Crippen LogP contribution in [0.15, 0.2) is 30.4 Å². The number of benzene rings is 1. The molecule has 1 aromatic rings. The molecule has 0 spiro atoms. The van der Waals surface area contributed by atoms with E-state index in [1.807, 2.05) is 26.0 Å². The first kappa shape index (κ1) is 14.6. The van der Waals surface area contributed by atoms with E-state index in [-0.39, 0.29) is 18.4 Å². The summed E-state index contributed by atoms with van der Waals surface area (Å²) in [5, 5.41) is 9.79. The van der Waals surface area contributed by atoms with Crippen molar-refractivity contribution in [3.63, 3.8) is 0 Å². The Balaban J connectivity index is 1.81. The molecule has 2 amide bonds. The van der Waals surface area contributed by atoms with Crippen LogP contribution in [-0.2, 0) is 14.3 Å². The van der Waals surface area contributed by atoms with Crippen molar-refractivity contribution in [1.29, 1.82) is 0 Å². The second-order valence-corrected chi connectivity index (χ2v) is 6.97. The molecule has 5 heteroatoms. The van der Waals surface area contributed by atoms with Crippen molar-refractivity contribution in [3.8, 4) is 0 Å². The number of aliphatic hydroxyl groups excluding tert-OH is 1. The zero-order valence-electron chi connectivity index (χ0n) is 13.4. The number of carbonyl (C=O) groups excluding carboxylic acids is 2. The van der Waals surface area contributed by atoms with Gasteiger partial charge in [-0.15, -0.1) is 0 Å². The Hall–Kier alpha value is -1.98. The number of anilines is 1. The fourth-order valence-electron chi connectivity index (χ4n) is 4.16. The third-order valence-corrected chi connectivity index (χ3v) is 5.55. The zero-order valence-corrected chi connectivity index (χ0v) is 13.4. The predicted molar refractivity (Wildman–Crippen MR) is 83.8 cm³/mol. The first-order valence-corrected chi connectivity index (χ1v) is 7.79. The fourth-order valence-corrected chi connectivity index (χ4v) is 4.16. The summed E-state index contributed by atoms with van der Waals surface area (Å²) in [6, 6.07) is 5.56. The minimum atomic E-state index is -1.07. The van der Waals surface area contributed by atoms with Crippen LogP contribution in [0.25, 0.3) is 0 Å². The molecule has 4 rings (SSSR count). The monoisotopic (exact) mass is 313 g/mol. The lowest BCUT2D eigenvalue weighted by Gasteiger charge is -2.27. The van der Waals surface area contributed by atoms with Crippen molar-refractivity contribution < 1.29 is 19.4 Å². The van der Waals surface area contributed by atoms with Gasteiger partial charge in [-0.2, -0.15) is 0 Å². The number of hydrogen-bond acceptors (Lipinski definition) is 4. The molecular weight excluding hydrogens is 294 g/mol. The summed E-state index contributed by atoms with van der Waals surface area (Å²) in [7, 11) is 0. The van der Waals surface area contributed by atoms with Crippen molar-refractivity contribution >= 4 is 17.5 Å². The maximum absolute atomic E-state index is 13.0. The number of aryl methyl sites for hydroxylation is 2. The van der Waals surface area contributed by atoms with E-state index in [2.05, 4.69) is 0 Å². The second kappa shape index (κ2) is 4.30. The highest BCUT2D eigenvalue weighted by Gasteiger charge is 2.72. The predicted octanol–water partition coefficient (Wildman–Crippen LogP) is 1.50. The molecule has 1 aromatic carbocycles. The molecule has 3 heterocycles. The average Bonchev–Trinajstić information content (AvgIpc) is 3.09. The van der Waals surface area contributed by atoms with E-state index in [1.54, 1.807) is 25.1 Å². The van der Waals surface area contributed by atoms with Gasteiger partial charge in [0.2, 0.25) is 11.8 Å². The van der Waals surface area contributed by atoms with Crippen LogP contribution in [0.2, 0.25) is 0 Å². The van der Waals surface area contributed by atoms with Crippen molar-refractivity contribution in [2.75, 3.05) is 11.5 Å². The summed E-state index contributed by atoms with van der Waals surface area (Å²) in [5.74, 6) is -1.76. The Kier molecular flexibility index (Phi) is 2.73. The topological polar surface area (TPSA) is 66.8 Å². The minimum Gasteiger partial charge on any atom is -0.393 e. The van der Waals surface area contributed by atoms with Gasteiger partial charge in [0.05, 0.1) is 29.7 Å². The van der Waals surface area contributed by atoms with E-state index in [0.29, 0.717) is 5.69 Å². The summed E-state index contributed by atoms with van der Waals surface area (Å²) >= 11 is 0. The van der Waals surface area contributed by atoms with Crippen LogP contribution in [0.4, 0.5) is 5.69 Å². The van der Waals surface area contributed by atoms with Gasteiger partial charge < -0.3 is 9.84 Å². The van der Waals surface area contributed by atoms with E-state index in [4.69, 9.17) is 4.74 Å². The van der Waals surface area contributed by atoms with Gasteiger partial charge in [0, 0.05) is 0 Å². The Bertz CT molecular complexity index is 770. The number of amides is 2. The number of fused-ring (bicyclic) bond motifs is 5. The van der Waals surface area contributed by atoms with E-state index in [1.165, 1.54) is 4.90 Å². The van der Waals surface area contributed by atoms with Gasteiger partial charge in [-0.25, -0.2) is 4.90 Å². The molecule has 0 aromatic heterocycles. The van der Waals surface area contributed by atoms with Crippen molar-refractivity contribution in [1.82, 2.24) is 0 Å². The average molecular weight is 313 g/mol. The van der Waals surface area contributed by atoms with E-state index in [9.17, 15) is 14.7 Å². The van der Waals surface area contributed by atoms with Crippen LogP contribution in [0.1, 0.15) is 18.1 Å². The highest BCUT2D eigenvalue weighted by atomic mass is 16.5. The Morgan fingerprint density at radius 1 is 1.13 bits per heavy atom. The van der Waals surface area contributed by atoms with Crippen molar-refractivity contribution in [2.45, 2.75) is 32.0 Å². The molecule has 0 saturated carbocycles. The fraction of sp³-hybridized carbons (Fsp3) is 0.444. The summed E-state index contributed by atoms with van der Waals surface area (Å²) < 4.78 is 5.90. The Labute approximate surface area is 134 Å².